The van der Waals surface area contributed by atoms with Crippen molar-refractivity contribution in [2.24, 2.45) is 16.8 Å². The van der Waals surface area contributed by atoms with Gasteiger partial charge < -0.3 is 15.5 Å². The molecule has 8 heteroatoms. The van der Waals surface area contributed by atoms with E-state index in [9.17, 15) is 18.0 Å². The Hall–Kier alpha value is -1.57. The van der Waals surface area contributed by atoms with Crippen LogP contribution in [0.25, 0.3) is 0 Å². The van der Waals surface area contributed by atoms with Gasteiger partial charge in [-0.05, 0) is 31.7 Å². The number of halogens is 3. The Labute approximate surface area is 121 Å². The van der Waals surface area contributed by atoms with Crippen LogP contribution in [0.3, 0.4) is 0 Å². The van der Waals surface area contributed by atoms with Crippen molar-refractivity contribution in [1.29, 1.82) is 0 Å². The first-order valence-corrected chi connectivity index (χ1v) is 6.78. The van der Waals surface area contributed by atoms with Crippen molar-refractivity contribution >= 4 is 11.7 Å². The molecule has 0 aromatic carbocycles. The lowest BCUT2D eigenvalue weighted by atomic mass is 10.2. The molecule has 1 aliphatic heterocycles. The molecule has 0 radical (unpaired) electrons. The summed E-state index contributed by atoms with van der Waals surface area (Å²) in [6.45, 7) is 5.48. The molecule has 118 valence electrons. The highest BCUT2D eigenvalue weighted by atomic mass is 19.4. The number of piperidine rings is 1. The molecule has 4 atom stereocenters. The van der Waals surface area contributed by atoms with Crippen LogP contribution < -0.4 is 10.6 Å². The van der Waals surface area contributed by atoms with Gasteiger partial charge in [-0.3, -0.25) is 4.79 Å². The maximum Gasteiger partial charge on any atom is 0.449 e. The van der Waals surface area contributed by atoms with E-state index in [2.05, 4.69) is 22.2 Å². The number of alkyl halides is 3. The lowest BCUT2D eigenvalue weighted by Gasteiger charge is -2.30. The Bertz CT molecular complexity index is 463. The van der Waals surface area contributed by atoms with Crippen LogP contribution in [0.1, 0.15) is 13.3 Å². The Kier molecular flexibility index (Phi) is 4.27. The summed E-state index contributed by atoms with van der Waals surface area (Å²) in [6, 6.07) is -0.295. The first kappa shape index (κ1) is 15.8. The second-order valence-electron chi connectivity index (χ2n) is 5.47. The molecule has 0 aromatic heterocycles. The molecule has 1 saturated heterocycles. The maximum absolute atomic E-state index is 12.9. The van der Waals surface area contributed by atoms with Crippen LogP contribution >= 0.6 is 0 Å². The Morgan fingerprint density at radius 1 is 1.57 bits per heavy atom. The van der Waals surface area contributed by atoms with Crippen LogP contribution in [0.5, 0.6) is 0 Å². The fourth-order valence-electron chi connectivity index (χ4n) is 2.66. The summed E-state index contributed by atoms with van der Waals surface area (Å²) in [6.07, 6.45) is -3.57. The van der Waals surface area contributed by atoms with Gasteiger partial charge in [0.2, 0.25) is 11.7 Å². The van der Waals surface area contributed by atoms with Gasteiger partial charge in [0.05, 0.1) is 12.2 Å². The van der Waals surface area contributed by atoms with Gasteiger partial charge in [0.25, 0.3) is 0 Å². The number of hydrogen-bond acceptors (Lipinski definition) is 3. The third kappa shape index (κ3) is 3.37. The second-order valence-corrected chi connectivity index (χ2v) is 5.47. The van der Waals surface area contributed by atoms with Crippen molar-refractivity contribution in [3.05, 3.63) is 12.8 Å². The summed E-state index contributed by atoms with van der Waals surface area (Å²) in [4.78, 5) is 16.2. The zero-order valence-electron chi connectivity index (χ0n) is 11.9. The maximum atomic E-state index is 12.9. The van der Waals surface area contributed by atoms with E-state index in [4.69, 9.17) is 0 Å². The molecule has 0 bridgehead atoms. The molecular formula is C13H19F3N4O. The van der Waals surface area contributed by atoms with Gasteiger partial charge in [0, 0.05) is 13.2 Å². The Morgan fingerprint density at radius 2 is 2.24 bits per heavy atom. The molecule has 5 nitrogen and oxygen atoms in total. The zero-order valence-corrected chi connectivity index (χ0v) is 11.9. The number of fused-ring (bicyclic) bond motifs is 1. The summed E-state index contributed by atoms with van der Waals surface area (Å²) >= 11 is 0. The average Bonchev–Trinajstić information content (AvgIpc) is 3.04. The van der Waals surface area contributed by atoms with Crippen LogP contribution in [0.15, 0.2) is 17.8 Å². The van der Waals surface area contributed by atoms with Crippen molar-refractivity contribution in [2.45, 2.75) is 31.7 Å². The minimum Gasteiger partial charge on any atom is -0.336 e. The number of nitrogens with zero attached hydrogens (tertiary/aromatic N) is 2. The molecule has 0 aromatic rings. The zero-order chi connectivity index (χ0) is 15.8. The molecule has 2 rings (SSSR count). The topological polar surface area (TPSA) is 56.7 Å². The van der Waals surface area contributed by atoms with Crippen molar-refractivity contribution in [3.63, 3.8) is 0 Å². The third-order valence-corrected chi connectivity index (χ3v) is 4.02. The van der Waals surface area contributed by atoms with Crippen LogP contribution in [0, 0.1) is 11.8 Å². The molecule has 2 fully saturated rings. The van der Waals surface area contributed by atoms with Gasteiger partial charge in [0.15, 0.2) is 0 Å². The van der Waals surface area contributed by atoms with Crippen molar-refractivity contribution in [2.75, 3.05) is 13.6 Å². The minimum absolute atomic E-state index is 0.264. The van der Waals surface area contributed by atoms with Crippen LogP contribution in [0.2, 0.25) is 0 Å². The van der Waals surface area contributed by atoms with E-state index < -0.39 is 18.2 Å². The standard InChI is InChI=1S/C13H19F3N4O/c1-4-17-12(13(14,15)16)20(3)7(2)19-11(21)10-9-5-8(9)6-18-10/h4,7-10,18H,1,5-6H2,2-3H3,(H,19,21)/b17-12-/t7?,8-,9?,10?/m0/s1. The fraction of sp³-hybridized carbons (Fsp3) is 0.692. The lowest BCUT2D eigenvalue weighted by molar-refractivity contribution is -0.125. The molecule has 1 amide bonds. The third-order valence-electron chi connectivity index (χ3n) is 4.02. The summed E-state index contributed by atoms with van der Waals surface area (Å²) in [5, 5.41) is 5.68. The molecule has 21 heavy (non-hydrogen) atoms. The SMILES string of the molecule is C=C/N=C(\N(C)C(C)NC(=O)C1NC[C@@H]2CC12)C(F)(F)F. The summed E-state index contributed by atoms with van der Waals surface area (Å²) in [5.41, 5.74) is 0. The normalized spacial score (nSPS) is 29.6. The van der Waals surface area contributed by atoms with E-state index in [-0.39, 0.29) is 11.9 Å². The summed E-state index contributed by atoms with van der Waals surface area (Å²) < 4.78 is 38.6. The quantitative estimate of drug-likeness (QED) is 0.464. The van der Waals surface area contributed by atoms with Crippen molar-refractivity contribution in [3.8, 4) is 0 Å². The van der Waals surface area contributed by atoms with Gasteiger partial charge in [-0.15, -0.1) is 0 Å². The molecule has 2 N–H and O–H groups in total. The van der Waals surface area contributed by atoms with Crippen molar-refractivity contribution < 1.29 is 18.0 Å². The van der Waals surface area contributed by atoms with E-state index in [1.807, 2.05) is 0 Å². The summed E-state index contributed by atoms with van der Waals surface area (Å²) in [5.74, 6) is -0.484. The van der Waals surface area contributed by atoms with E-state index in [0.29, 0.717) is 11.8 Å². The second kappa shape index (κ2) is 5.67. The molecule has 3 unspecified atom stereocenters. The number of carbonyl (C=O) groups excluding carboxylic acids is 1. The predicted molar refractivity (Wildman–Crippen MR) is 72.4 cm³/mol. The molecule has 2 aliphatic rings. The highest BCUT2D eigenvalue weighted by molar-refractivity contribution is 5.89. The Morgan fingerprint density at radius 3 is 2.67 bits per heavy atom. The van der Waals surface area contributed by atoms with Crippen LogP contribution in [0.4, 0.5) is 13.2 Å². The van der Waals surface area contributed by atoms with Gasteiger partial charge in [0.1, 0.15) is 0 Å². The number of carbonyl (C=O) groups is 1. The number of nitrogens with one attached hydrogen (secondary N) is 2. The first-order chi connectivity index (χ1) is 9.75. The van der Waals surface area contributed by atoms with Crippen LogP contribution in [-0.2, 0) is 4.79 Å². The lowest BCUT2D eigenvalue weighted by Crippen LogP contribution is -2.54. The fourth-order valence-corrected chi connectivity index (χ4v) is 2.66. The first-order valence-electron chi connectivity index (χ1n) is 6.78. The number of aliphatic imine (C=N–C) groups is 1. The monoisotopic (exact) mass is 304 g/mol. The van der Waals surface area contributed by atoms with Gasteiger partial charge in [-0.2, -0.15) is 13.2 Å². The number of amidine groups is 1. The largest absolute Gasteiger partial charge is 0.449 e. The molecule has 1 heterocycles. The predicted octanol–water partition coefficient (Wildman–Crippen LogP) is 1.09. The van der Waals surface area contributed by atoms with E-state index in [1.54, 1.807) is 0 Å². The van der Waals surface area contributed by atoms with E-state index in [0.717, 1.165) is 24.1 Å². The molecule has 1 aliphatic carbocycles. The summed E-state index contributed by atoms with van der Waals surface area (Å²) in [7, 11) is 1.24. The minimum atomic E-state index is -4.60. The molecule has 0 spiro atoms. The van der Waals surface area contributed by atoms with Crippen LogP contribution in [-0.4, -0.2) is 48.6 Å². The average molecular weight is 304 g/mol. The highest BCUT2D eigenvalue weighted by Gasteiger charge is 2.51. The Balaban J connectivity index is 1.98. The molecular weight excluding hydrogens is 285 g/mol. The van der Waals surface area contributed by atoms with Gasteiger partial charge in [-0.1, -0.05) is 6.58 Å². The van der Waals surface area contributed by atoms with Gasteiger partial charge in [-0.25, -0.2) is 4.99 Å². The van der Waals surface area contributed by atoms with E-state index >= 15 is 0 Å². The van der Waals surface area contributed by atoms with Gasteiger partial charge >= 0.3 is 6.18 Å². The smallest absolute Gasteiger partial charge is 0.336 e. The van der Waals surface area contributed by atoms with Crippen molar-refractivity contribution in [1.82, 2.24) is 15.5 Å². The molecule has 1 saturated carbocycles. The number of amides is 1. The number of hydrogen-bond donors (Lipinski definition) is 2. The van der Waals surface area contributed by atoms with E-state index in [1.165, 1.54) is 14.0 Å². The highest BCUT2D eigenvalue weighted by Crippen LogP contribution is 2.45. The number of rotatable bonds is 4.